The molecule has 0 amide bonds. The Balaban J connectivity index is 2.02. The number of para-hydroxylation sites is 2. The van der Waals surface area contributed by atoms with E-state index in [9.17, 15) is 16.8 Å². The third kappa shape index (κ3) is 4.14. The largest absolute Gasteiger partial charge is 0.367 e. The number of rotatable bonds is 6. The summed E-state index contributed by atoms with van der Waals surface area (Å²) in [6.45, 7) is 3.21. The smallest absolute Gasteiger partial charge is 0.242 e. The van der Waals surface area contributed by atoms with Crippen LogP contribution < -0.4 is 14.5 Å². The predicted octanol–water partition coefficient (Wildman–Crippen LogP) is 1.01. The van der Waals surface area contributed by atoms with Gasteiger partial charge in [-0.25, -0.2) is 25.4 Å². The zero-order chi connectivity index (χ0) is 20.3. The van der Waals surface area contributed by atoms with Crippen molar-refractivity contribution in [3.05, 3.63) is 48.5 Å². The van der Waals surface area contributed by atoms with Gasteiger partial charge in [0, 0.05) is 40.3 Å². The minimum atomic E-state index is -3.58. The van der Waals surface area contributed by atoms with E-state index in [2.05, 4.69) is 10.2 Å². The number of sulfonamides is 1. The fraction of sp³-hybridized carbons (Fsp3) is 0.333. The third-order valence-electron chi connectivity index (χ3n) is 4.59. The van der Waals surface area contributed by atoms with Gasteiger partial charge in [-0.05, 0) is 36.4 Å². The van der Waals surface area contributed by atoms with E-state index in [1.807, 2.05) is 12.1 Å². The molecule has 0 radical (unpaired) electrons. The number of benzene rings is 2. The maximum absolute atomic E-state index is 12.3. The number of nitrogens with zero attached hydrogens (tertiary/aromatic N) is 3. The summed E-state index contributed by atoms with van der Waals surface area (Å²) in [7, 11) is -3.65. The standard InChI is InChI=1S/C18H24N4O4S2/c1-20(2)28(25,26)16-9-7-15(8-10-16)22(27(23)24)18-6-4-3-5-17(18)21-13-11-19-12-14-21/h3-10,19,27H,11-14H2,1-2H3. The molecule has 0 saturated carbocycles. The molecular formula is C18H24N4O4S2. The Labute approximate surface area is 167 Å². The van der Waals surface area contributed by atoms with E-state index >= 15 is 0 Å². The molecule has 0 atom stereocenters. The van der Waals surface area contributed by atoms with Crippen molar-refractivity contribution >= 4 is 38.0 Å². The summed E-state index contributed by atoms with van der Waals surface area (Å²) in [6.07, 6.45) is 0. The van der Waals surface area contributed by atoms with Gasteiger partial charge in [0.25, 0.3) is 0 Å². The number of hydrogen-bond donors (Lipinski definition) is 2. The molecule has 0 bridgehead atoms. The zero-order valence-electron chi connectivity index (χ0n) is 15.8. The normalized spacial score (nSPS) is 15.2. The highest BCUT2D eigenvalue weighted by molar-refractivity contribution is 7.89. The Bertz CT molecular complexity index is 991. The van der Waals surface area contributed by atoms with Crippen LogP contribution in [0.1, 0.15) is 0 Å². The average molecular weight is 425 g/mol. The average Bonchev–Trinajstić information content (AvgIpc) is 2.69. The molecule has 152 valence electrons. The van der Waals surface area contributed by atoms with Crippen LogP contribution in [-0.4, -0.2) is 61.4 Å². The lowest BCUT2D eigenvalue weighted by atomic mass is 10.2. The molecule has 1 aliphatic heterocycles. The Kier molecular flexibility index (Phi) is 6.23. The molecule has 1 heterocycles. The van der Waals surface area contributed by atoms with Crippen molar-refractivity contribution in [2.45, 2.75) is 4.90 Å². The van der Waals surface area contributed by atoms with Crippen molar-refractivity contribution < 1.29 is 16.8 Å². The Hall–Kier alpha value is -2.14. The fourth-order valence-electron chi connectivity index (χ4n) is 3.11. The Morgan fingerprint density at radius 1 is 0.964 bits per heavy atom. The van der Waals surface area contributed by atoms with Crippen LogP contribution in [0, 0.1) is 0 Å². The van der Waals surface area contributed by atoms with Crippen molar-refractivity contribution in [2.24, 2.45) is 0 Å². The molecule has 0 aliphatic carbocycles. The molecule has 1 aliphatic rings. The SMILES string of the molecule is CN(C)S(=O)(=O)c1ccc(N(c2ccccc2N2CCNCC2)[SH](=O)=O)cc1. The summed E-state index contributed by atoms with van der Waals surface area (Å²) in [4.78, 5) is 2.25. The Morgan fingerprint density at radius 3 is 2.14 bits per heavy atom. The van der Waals surface area contributed by atoms with Gasteiger partial charge in [-0.1, -0.05) is 12.1 Å². The van der Waals surface area contributed by atoms with Gasteiger partial charge in [0.15, 0.2) is 0 Å². The van der Waals surface area contributed by atoms with Crippen LogP contribution in [0.3, 0.4) is 0 Å². The lowest BCUT2D eigenvalue weighted by Gasteiger charge is -2.33. The first-order valence-electron chi connectivity index (χ1n) is 8.84. The van der Waals surface area contributed by atoms with Gasteiger partial charge in [-0.15, -0.1) is 0 Å². The van der Waals surface area contributed by atoms with Gasteiger partial charge in [-0.3, -0.25) is 0 Å². The van der Waals surface area contributed by atoms with Gasteiger partial charge in [0.05, 0.1) is 22.0 Å². The highest BCUT2D eigenvalue weighted by atomic mass is 32.2. The highest BCUT2D eigenvalue weighted by Gasteiger charge is 2.22. The molecule has 10 heteroatoms. The summed E-state index contributed by atoms with van der Waals surface area (Å²) in [6, 6.07) is 13.2. The van der Waals surface area contributed by atoms with Gasteiger partial charge < -0.3 is 10.2 Å². The molecular weight excluding hydrogens is 400 g/mol. The first-order chi connectivity index (χ1) is 13.3. The van der Waals surface area contributed by atoms with E-state index in [1.165, 1.54) is 42.7 Å². The van der Waals surface area contributed by atoms with E-state index in [1.54, 1.807) is 12.1 Å². The lowest BCUT2D eigenvalue weighted by molar-refractivity contribution is 0.521. The maximum atomic E-state index is 12.3. The van der Waals surface area contributed by atoms with Crippen molar-refractivity contribution in [2.75, 3.05) is 49.5 Å². The summed E-state index contributed by atoms with van der Waals surface area (Å²) in [5.74, 6) is 0. The summed E-state index contributed by atoms with van der Waals surface area (Å²) in [5, 5.41) is 3.28. The number of anilines is 3. The topological polar surface area (TPSA) is 90.0 Å². The number of thiol groups is 1. The van der Waals surface area contributed by atoms with Gasteiger partial charge >= 0.3 is 0 Å². The molecule has 3 rings (SSSR count). The highest BCUT2D eigenvalue weighted by Crippen LogP contribution is 2.35. The second-order valence-electron chi connectivity index (χ2n) is 6.56. The molecule has 2 aromatic rings. The number of piperazine rings is 1. The summed E-state index contributed by atoms with van der Waals surface area (Å²) >= 11 is 0. The molecule has 1 N–H and O–H groups in total. The van der Waals surface area contributed by atoms with Crippen LogP contribution in [0.15, 0.2) is 53.4 Å². The fourth-order valence-corrected chi connectivity index (χ4v) is 4.68. The van der Waals surface area contributed by atoms with E-state index in [0.717, 1.165) is 36.2 Å². The van der Waals surface area contributed by atoms with Crippen molar-refractivity contribution in [1.29, 1.82) is 0 Å². The summed E-state index contributed by atoms with van der Waals surface area (Å²) in [5.41, 5.74) is 1.76. The van der Waals surface area contributed by atoms with Gasteiger partial charge in [-0.2, -0.15) is 0 Å². The van der Waals surface area contributed by atoms with Crippen LogP contribution in [0.2, 0.25) is 0 Å². The molecule has 8 nitrogen and oxygen atoms in total. The van der Waals surface area contributed by atoms with Crippen LogP contribution in [0.4, 0.5) is 17.1 Å². The summed E-state index contributed by atoms with van der Waals surface area (Å²) < 4.78 is 51.1. The number of hydrogen-bond acceptors (Lipinski definition) is 6. The van der Waals surface area contributed by atoms with E-state index in [4.69, 9.17) is 0 Å². The first-order valence-corrected chi connectivity index (χ1v) is 11.4. The molecule has 0 unspecified atom stereocenters. The zero-order valence-corrected chi connectivity index (χ0v) is 17.5. The second-order valence-corrected chi connectivity index (χ2v) is 9.58. The van der Waals surface area contributed by atoms with Crippen molar-refractivity contribution in [3.8, 4) is 0 Å². The predicted molar refractivity (Wildman–Crippen MR) is 111 cm³/mol. The number of nitrogens with one attached hydrogen (secondary N) is 1. The monoisotopic (exact) mass is 424 g/mol. The molecule has 1 fully saturated rings. The molecule has 2 aromatic carbocycles. The molecule has 0 spiro atoms. The minimum Gasteiger partial charge on any atom is -0.367 e. The van der Waals surface area contributed by atoms with E-state index < -0.39 is 20.9 Å². The van der Waals surface area contributed by atoms with Crippen molar-refractivity contribution in [1.82, 2.24) is 9.62 Å². The first kappa shape index (κ1) is 20.6. The van der Waals surface area contributed by atoms with Crippen molar-refractivity contribution in [3.63, 3.8) is 0 Å². The van der Waals surface area contributed by atoms with Gasteiger partial charge in [0.2, 0.25) is 20.9 Å². The van der Waals surface area contributed by atoms with Crippen LogP contribution in [-0.2, 0) is 20.9 Å². The maximum Gasteiger partial charge on any atom is 0.242 e. The van der Waals surface area contributed by atoms with Crippen LogP contribution in [0.5, 0.6) is 0 Å². The second kappa shape index (κ2) is 8.48. The minimum absolute atomic E-state index is 0.109. The Morgan fingerprint density at radius 2 is 1.57 bits per heavy atom. The third-order valence-corrected chi connectivity index (χ3v) is 7.19. The molecule has 0 aromatic heterocycles. The lowest BCUT2D eigenvalue weighted by Crippen LogP contribution is -2.44. The van der Waals surface area contributed by atoms with E-state index in [-0.39, 0.29) is 4.90 Å². The van der Waals surface area contributed by atoms with Crippen LogP contribution in [0.25, 0.3) is 0 Å². The van der Waals surface area contributed by atoms with Crippen LogP contribution >= 0.6 is 0 Å². The van der Waals surface area contributed by atoms with Gasteiger partial charge in [0.1, 0.15) is 0 Å². The molecule has 1 saturated heterocycles. The molecule has 28 heavy (non-hydrogen) atoms. The van der Waals surface area contributed by atoms with E-state index in [0.29, 0.717) is 11.4 Å². The quantitative estimate of drug-likeness (QED) is 0.673.